The van der Waals surface area contributed by atoms with E-state index in [1.54, 1.807) is 6.08 Å². The van der Waals surface area contributed by atoms with Crippen LogP contribution in [0.5, 0.6) is 0 Å². The van der Waals surface area contributed by atoms with E-state index < -0.39 is 0 Å². The van der Waals surface area contributed by atoms with Crippen molar-refractivity contribution in [3.63, 3.8) is 0 Å². The monoisotopic (exact) mass is 248 g/mol. The number of nitrogens with zero attached hydrogens (tertiary/aromatic N) is 2. The molecule has 0 aliphatic carbocycles. The second-order valence-corrected chi connectivity index (χ2v) is 3.17. The van der Waals surface area contributed by atoms with Crippen molar-refractivity contribution in [3.8, 4) is 0 Å². The molecule has 1 aromatic heterocycles. The zero-order chi connectivity index (χ0) is 8.97. The summed E-state index contributed by atoms with van der Waals surface area (Å²) in [6, 6.07) is 0. The molecule has 12 heavy (non-hydrogen) atoms. The molecule has 0 bridgehead atoms. The number of hydrogen-bond donors (Lipinski definition) is 0. The Bertz CT molecular complexity index is 348. The van der Waals surface area contributed by atoms with Gasteiger partial charge in [0.1, 0.15) is 4.47 Å². The van der Waals surface area contributed by atoms with E-state index >= 15 is 0 Å². The van der Waals surface area contributed by atoms with E-state index in [4.69, 9.17) is 11.6 Å². The lowest BCUT2D eigenvalue weighted by molar-refractivity contribution is 0.748. The molecule has 0 spiro atoms. The van der Waals surface area contributed by atoms with Gasteiger partial charge in [-0.15, -0.1) is 0 Å². The van der Waals surface area contributed by atoms with Gasteiger partial charge in [0, 0.05) is 18.3 Å². The number of aromatic nitrogens is 2. The van der Waals surface area contributed by atoms with Crippen molar-refractivity contribution >= 4 is 27.5 Å². The van der Waals surface area contributed by atoms with E-state index in [2.05, 4.69) is 20.9 Å². The first kappa shape index (κ1) is 9.48. The highest BCUT2D eigenvalue weighted by Crippen LogP contribution is 1.97. The molecule has 0 aliphatic rings. The van der Waals surface area contributed by atoms with Crippen LogP contribution < -0.4 is 5.56 Å². The van der Waals surface area contributed by atoms with Crippen molar-refractivity contribution in [1.82, 2.24) is 9.55 Å². The van der Waals surface area contributed by atoms with Crippen LogP contribution in [-0.4, -0.2) is 9.55 Å². The molecule has 0 atom stereocenters. The molecule has 0 N–H and O–H groups in total. The SMILES string of the molecule is O=c1c(Br)cncn1C/C=C/Cl. The third kappa shape index (κ3) is 2.19. The fourth-order valence-electron chi connectivity index (χ4n) is 0.708. The molecular formula is C7H6BrClN2O. The smallest absolute Gasteiger partial charge is 0.267 e. The molecule has 3 nitrogen and oxygen atoms in total. The Morgan fingerprint density at radius 1 is 1.75 bits per heavy atom. The maximum Gasteiger partial charge on any atom is 0.267 e. The summed E-state index contributed by atoms with van der Waals surface area (Å²) in [6.07, 6.45) is 4.59. The normalized spacial score (nSPS) is 10.8. The zero-order valence-electron chi connectivity index (χ0n) is 6.08. The van der Waals surface area contributed by atoms with Gasteiger partial charge in [0.2, 0.25) is 0 Å². The van der Waals surface area contributed by atoms with Gasteiger partial charge in [-0.3, -0.25) is 9.36 Å². The summed E-state index contributed by atoms with van der Waals surface area (Å²) in [5.41, 5.74) is 1.26. The molecule has 0 radical (unpaired) electrons. The Morgan fingerprint density at radius 2 is 2.50 bits per heavy atom. The van der Waals surface area contributed by atoms with E-state index in [0.29, 0.717) is 11.0 Å². The summed E-state index contributed by atoms with van der Waals surface area (Å²) in [7, 11) is 0. The van der Waals surface area contributed by atoms with E-state index in [1.807, 2.05) is 0 Å². The second kappa shape index (κ2) is 4.42. The maximum atomic E-state index is 11.3. The van der Waals surface area contributed by atoms with Gasteiger partial charge in [0.05, 0.1) is 6.33 Å². The van der Waals surface area contributed by atoms with Gasteiger partial charge in [0.15, 0.2) is 0 Å². The Balaban J connectivity index is 3.00. The van der Waals surface area contributed by atoms with Crippen LogP contribution in [0, 0.1) is 0 Å². The number of halogens is 2. The van der Waals surface area contributed by atoms with Crippen LogP contribution in [0.25, 0.3) is 0 Å². The Labute approximate surface area is 82.8 Å². The maximum absolute atomic E-state index is 11.3. The highest BCUT2D eigenvalue weighted by atomic mass is 79.9. The van der Waals surface area contributed by atoms with Crippen molar-refractivity contribution in [1.29, 1.82) is 0 Å². The Kier molecular flexibility index (Phi) is 3.49. The average molecular weight is 249 g/mol. The van der Waals surface area contributed by atoms with Gasteiger partial charge in [0.25, 0.3) is 5.56 Å². The van der Waals surface area contributed by atoms with Crippen molar-refractivity contribution in [2.75, 3.05) is 0 Å². The molecule has 1 heterocycles. The van der Waals surface area contributed by atoms with Crippen LogP contribution in [-0.2, 0) is 6.54 Å². The van der Waals surface area contributed by atoms with Gasteiger partial charge >= 0.3 is 0 Å². The fraction of sp³-hybridized carbons (Fsp3) is 0.143. The summed E-state index contributed by atoms with van der Waals surface area (Å²) in [4.78, 5) is 15.1. The Morgan fingerprint density at radius 3 is 3.17 bits per heavy atom. The molecule has 0 amide bonds. The minimum Gasteiger partial charge on any atom is -0.294 e. The minimum atomic E-state index is -0.111. The molecule has 0 saturated heterocycles. The first-order valence-electron chi connectivity index (χ1n) is 3.21. The lowest BCUT2D eigenvalue weighted by Gasteiger charge is -1.99. The highest BCUT2D eigenvalue weighted by molar-refractivity contribution is 9.10. The molecule has 1 rings (SSSR count). The molecule has 1 aromatic rings. The third-order valence-corrected chi connectivity index (χ3v) is 1.97. The van der Waals surface area contributed by atoms with Crippen molar-refractivity contribution < 1.29 is 0 Å². The largest absolute Gasteiger partial charge is 0.294 e. The minimum absolute atomic E-state index is 0.111. The summed E-state index contributed by atoms with van der Waals surface area (Å²) < 4.78 is 1.90. The van der Waals surface area contributed by atoms with E-state index in [9.17, 15) is 4.79 Å². The molecule has 0 fully saturated rings. The first-order valence-corrected chi connectivity index (χ1v) is 4.44. The van der Waals surface area contributed by atoms with Crippen molar-refractivity contribution in [3.05, 3.63) is 39.0 Å². The molecular weight excluding hydrogens is 243 g/mol. The average Bonchev–Trinajstić information content (AvgIpc) is 2.08. The van der Waals surface area contributed by atoms with E-state index in [0.717, 1.165) is 0 Å². The molecule has 0 unspecified atom stereocenters. The predicted octanol–water partition coefficient (Wildman–Crippen LogP) is 1.76. The van der Waals surface area contributed by atoms with Gasteiger partial charge in [-0.2, -0.15) is 0 Å². The quantitative estimate of drug-likeness (QED) is 0.800. The summed E-state index contributed by atoms with van der Waals surface area (Å²) >= 11 is 8.40. The number of allylic oxidation sites excluding steroid dienone is 1. The van der Waals surface area contributed by atoms with Gasteiger partial charge in [-0.1, -0.05) is 17.7 Å². The van der Waals surface area contributed by atoms with Crippen LogP contribution in [0.15, 0.2) is 33.4 Å². The molecule has 64 valence electrons. The van der Waals surface area contributed by atoms with Crippen LogP contribution in [0.4, 0.5) is 0 Å². The van der Waals surface area contributed by atoms with Crippen LogP contribution >= 0.6 is 27.5 Å². The molecule has 0 saturated carbocycles. The highest BCUT2D eigenvalue weighted by Gasteiger charge is 1.97. The lowest BCUT2D eigenvalue weighted by Crippen LogP contribution is -2.19. The van der Waals surface area contributed by atoms with Gasteiger partial charge < -0.3 is 0 Å². The standard InChI is InChI=1S/C7H6BrClN2O/c8-6-4-10-5-11(7(6)12)3-1-2-9/h1-2,4-5H,3H2/b2-1+. The van der Waals surface area contributed by atoms with Gasteiger partial charge in [-0.25, -0.2) is 4.98 Å². The Hall–Kier alpha value is -0.610. The summed E-state index contributed by atoms with van der Waals surface area (Å²) in [5.74, 6) is 0. The number of rotatable bonds is 2. The zero-order valence-corrected chi connectivity index (χ0v) is 8.42. The van der Waals surface area contributed by atoms with E-state index in [1.165, 1.54) is 22.6 Å². The molecule has 0 aromatic carbocycles. The lowest BCUT2D eigenvalue weighted by atomic mass is 10.5. The third-order valence-electron chi connectivity index (χ3n) is 1.25. The van der Waals surface area contributed by atoms with E-state index in [-0.39, 0.29) is 5.56 Å². The first-order chi connectivity index (χ1) is 5.75. The topological polar surface area (TPSA) is 34.9 Å². The van der Waals surface area contributed by atoms with Crippen LogP contribution in [0.3, 0.4) is 0 Å². The second-order valence-electron chi connectivity index (χ2n) is 2.06. The number of hydrogen-bond acceptors (Lipinski definition) is 2. The predicted molar refractivity (Wildman–Crippen MR) is 51.2 cm³/mol. The van der Waals surface area contributed by atoms with Crippen molar-refractivity contribution in [2.24, 2.45) is 0 Å². The molecule has 0 aliphatic heterocycles. The summed E-state index contributed by atoms with van der Waals surface area (Å²) in [6.45, 7) is 0.439. The van der Waals surface area contributed by atoms with Crippen LogP contribution in [0.2, 0.25) is 0 Å². The van der Waals surface area contributed by atoms with Gasteiger partial charge in [-0.05, 0) is 15.9 Å². The fourth-order valence-corrected chi connectivity index (χ4v) is 1.13. The summed E-state index contributed by atoms with van der Waals surface area (Å²) in [5, 5.41) is 0. The van der Waals surface area contributed by atoms with Crippen LogP contribution in [0.1, 0.15) is 0 Å². The molecule has 5 heteroatoms. The van der Waals surface area contributed by atoms with Crippen molar-refractivity contribution in [2.45, 2.75) is 6.54 Å².